The summed E-state index contributed by atoms with van der Waals surface area (Å²) in [6.07, 6.45) is 1.78. The molecule has 0 aliphatic carbocycles. The van der Waals surface area contributed by atoms with Crippen molar-refractivity contribution in [3.8, 4) is 11.3 Å². The summed E-state index contributed by atoms with van der Waals surface area (Å²) in [5.41, 5.74) is 3.73. The van der Waals surface area contributed by atoms with Crippen molar-refractivity contribution in [2.45, 2.75) is 12.1 Å². The van der Waals surface area contributed by atoms with Gasteiger partial charge < -0.3 is 19.5 Å². The lowest BCUT2D eigenvalue weighted by atomic mass is 10.0. The molecule has 0 spiro atoms. The van der Waals surface area contributed by atoms with Crippen molar-refractivity contribution >= 4 is 51.9 Å². The molecule has 1 aliphatic heterocycles. The number of pyridine rings is 1. The van der Waals surface area contributed by atoms with E-state index in [-0.39, 0.29) is 12.1 Å². The molecule has 0 radical (unpaired) electrons. The van der Waals surface area contributed by atoms with Crippen LogP contribution in [0.4, 0.5) is 11.4 Å². The minimum atomic E-state index is -0.243. The second kappa shape index (κ2) is 9.29. The fourth-order valence-electron chi connectivity index (χ4n) is 4.18. The van der Waals surface area contributed by atoms with Gasteiger partial charge in [-0.1, -0.05) is 29.3 Å². The quantitative estimate of drug-likeness (QED) is 0.296. The zero-order valence-electron chi connectivity index (χ0n) is 18.6. The van der Waals surface area contributed by atoms with E-state index in [1.807, 2.05) is 50.5 Å². The first kappa shape index (κ1) is 22.7. The van der Waals surface area contributed by atoms with Crippen LogP contribution in [0.15, 0.2) is 83.4 Å². The number of benzene rings is 2. The van der Waals surface area contributed by atoms with Gasteiger partial charge in [-0.05, 0) is 78.9 Å². The Morgan fingerprint density at radius 2 is 1.79 bits per heavy atom. The van der Waals surface area contributed by atoms with Crippen LogP contribution in [0.3, 0.4) is 0 Å². The van der Waals surface area contributed by atoms with Crippen molar-refractivity contribution in [1.29, 1.82) is 0 Å². The number of thiocarbonyl (C=S) groups is 1. The Kier molecular flexibility index (Phi) is 6.21. The fourth-order valence-corrected chi connectivity index (χ4v) is 5.03. The largest absolute Gasteiger partial charge is 0.459 e. The SMILES string of the molecule is CN(C)c1ccc(N2C(=S)NC(c3ccccn3)C2c2ccc(-c3ccc(Cl)cc3Cl)o2)cc1. The molecule has 5 nitrogen and oxygen atoms in total. The molecule has 4 aromatic rings. The molecular weight excluding hydrogens is 487 g/mol. The van der Waals surface area contributed by atoms with Gasteiger partial charge in [0.15, 0.2) is 5.11 Å². The highest BCUT2D eigenvalue weighted by Gasteiger charge is 2.42. The third-order valence-corrected chi connectivity index (χ3v) is 6.72. The highest BCUT2D eigenvalue weighted by Crippen LogP contribution is 2.43. The van der Waals surface area contributed by atoms with Crippen molar-refractivity contribution in [2.75, 3.05) is 23.9 Å². The lowest BCUT2D eigenvalue weighted by molar-refractivity contribution is 0.439. The molecule has 34 heavy (non-hydrogen) atoms. The summed E-state index contributed by atoms with van der Waals surface area (Å²) >= 11 is 18.3. The zero-order chi connectivity index (χ0) is 23.8. The maximum atomic E-state index is 6.44. The van der Waals surface area contributed by atoms with E-state index in [1.165, 1.54) is 0 Å². The van der Waals surface area contributed by atoms with Gasteiger partial charge in [0.05, 0.1) is 16.8 Å². The van der Waals surface area contributed by atoms with Crippen LogP contribution in [-0.4, -0.2) is 24.2 Å². The number of hydrogen-bond acceptors (Lipinski definition) is 4. The van der Waals surface area contributed by atoms with Crippen LogP contribution in [0, 0.1) is 0 Å². The zero-order valence-corrected chi connectivity index (χ0v) is 20.9. The number of nitrogens with zero attached hydrogens (tertiary/aromatic N) is 3. The lowest BCUT2D eigenvalue weighted by Crippen LogP contribution is -2.29. The van der Waals surface area contributed by atoms with E-state index in [9.17, 15) is 0 Å². The van der Waals surface area contributed by atoms with Crippen molar-refractivity contribution in [3.05, 3.63) is 100 Å². The Morgan fingerprint density at radius 1 is 1.00 bits per heavy atom. The van der Waals surface area contributed by atoms with Gasteiger partial charge in [-0.2, -0.15) is 0 Å². The van der Waals surface area contributed by atoms with Gasteiger partial charge in [-0.15, -0.1) is 0 Å². The summed E-state index contributed by atoms with van der Waals surface area (Å²) in [6.45, 7) is 0. The van der Waals surface area contributed by atoms with Crippen LogP contribution < -0.4 is 15.1 Å². The normalized spacial score (nSPS) is 17.6. The number of halogens is 2. The minimum Gasteiger partial charge on any atom is -0.459 e. The first-order valence-corrected chi connectivity index (χ1v) is 11.9. The monoisotopic (exact) mass is 508 g/mol. The molecule has 172 valence electrons. The second-order valence-electron chi connectivity index (χ2n) is 8.23. The Morgan fingerprint density at radius 3 is 2.47 bits per heavy atom. The maximum Gasteiger partial charge on any atom is 0.174 e. The van der Waals surface area contributed by atoms with E-state index < -0.39 is 0 Å². The first-order chi connectivity index (χ1) is 16.4. The first-order valence-electron chi connectivity index (χ1n) is 10.8. The lowest BCUT2D eigenvalue weighted by Gasteiger charge is -2.26. The third-order valence-electron chi connectivity index (χ3n) is 5.86. The molecule has 1 aliphatic rings. The number of anilines is 2. The average molecular weight is 509 g/mol. The molecule has 8 heteroatoms. The van der Waals surface area contributed by atoms with Crippen LogP contribution in [0.25, 0.3) is 11.3 Å². The third kappa shape index (κ3) is 4.25. The summed E-state index contributed by atoms with van der Waals surface area (Å²) in [4.78, 5) is 8.74. The van der Waals surface area contributed by atoms with Gasteiger partial charge >= 0.3 is 0 Å². The van der Waals surface area contributed by atoms with E-state index in [1.54, 1.807) is 18.3 Å². The summed E-state index contributed by atoms with van der Waals surface area (Å²) < 4.78 is 6.38. The standard InChI is InChI=1S/C26H22Cl2N4OS/c1-31(2)17-7-9-18(10-8-17)32-25(24(30-26(32)34)21-5-3-4-14-29-21)23-13-12-22(33-23)19-11-6-16(27)15-20(19)28/h3-15,24-25H,1-2H3,(H,30,34). The van der Waals surface area contributed by atoms with Gasteiger partial charge in [-0.3, -0.25) is 4.98 Å². The van der Waals surface area contributed by atoms with Crippen LogP contribution in [0.1, 0.15) is 23.5 Å². The Labute approximate surface area is 213 Å². The molecule has 2 unspecified atom stereocenters. The van der Waals surface area contributed by atoms with Crippen molar-refractivity contribution in [3.63, 3.8) is 0 Å². The van der Waals surface area contributed by atoms with Gasteiger partial charge in [-0.25, -0.2) is 0 Å². The molecular formula is C26H22Cl2N4OS. The van der Waals surface area contributed by atoms with Crippen LogP contribution in [0.5, 0.6) is 0 Å². The predicted molar refractivity (Wildman–Crippen MR) is 143 cm³/mol. The van der Waals surface area contributed by atoms with Gasteiger partial charge in [0, 0.05) is 42.3 Å². The van der Waals surface area contributed by atoms with E-state index in [0.717, 1.165) is 28.4 Å². The molecule has 1 N–H and O–H groups in total. The Bertz CT molecular complexity index is 1320. The Hall–Kier alpha value is -3.06. The molecule has 3 heterocycles. The van der Waals surface area contributed by atoms with Crippen molar-refractivity contribution < 1.29 is 4.42 Å². The summed E-state index contributed by atoms with van der Waals surface area (Å²) in [6, 6.07) is 23.0. The molecule has 0 bridgehead atoms. The maximum absolute atomic E-state index is 6.44. The molecule has 5 rings (SSSR count). The number of nitrogens with one attached hydrogen (secondary N) is 1. The number of rotatable bonds is 5. The number of furan rings is 1. The van der Waals surface area contributed by atoms with Gasteiger partial charge in [0.2, 0.25) is 0 Å². The molecule has 0 saturated carbocycles. The van der Waals surface area contributed by atoms with Crippen LogP contribution in [-0.2, 0) is 0 Å². The highest BCUT2D eigenvalue weighted by molar-refractivity contribution is 7.80. The smallest absolute Gasteiger partial charge is 0.174 e. The van der Waals surface area contributed by atoms with E-state index in [4.69, 9.17) is 39.8 Å². The van der Waals surface area contributed by atoms with E-state index in [0.29, 0.717) is 20.9 Å². The van der Waals surface area contributed by atoms with E-state index in [2.05, 4.69) is 44.4 Å². The molecule has 2 aromatic carbocycles. The van der Waals surface area contributed by atoms with Crippen LogP contribution >= 0.6 is 35.4 Å². The molecule has 2 aromatic heterocycles. The second-order valence-corrected chi connectivity index (χ2v) is 9.46. The summed E-state index contributed by atoms with van der Waals surface area (Å²) in [7, 11) is 4.03. The highest BCUT2D eigenvalue weighted by atomic mass is 35.5. The fraction of sp³-hybridized carbons (Fsp3) is 0.154. The topological polar surface area (TPSA) is 44.5 Å². The Balaban J connectivity index is 1.58. The van der Waals surface area contributed by atoms with Crippen LogP contribution in [0.2, 0.25) is 10.0 Å². The van der Waals surface area contributed by atoms with Gasteiger partial charge in [0.25, 0.3) is 0 Å². The molecule has 2 atom stereocenters. The summed E-state index contributed by atoms with van der Waals surface area (Å²) in [5.74, 6) is 1.41. The molecule has 1 saturated heterocycles. The number of aromatic nitrogens is 1. The number of hydrogen-bond donors (Lipinski definition) is 1. The van der Waals surface area contributed by atoms with E-state index >= 15 is 0 Å². The van der Waals surface area contributed by atoms with Gasteiger partial charge in [0.1, 0.15) is 17.6 Å². The minimum absolute atomic E-state index is 0.193. The molecule has 0 amide bonds. The van der Waals surface area contributed by atoms with Crippen molar-refractivity contribution in [1.82, 2.24) is 10.3 Å². The molecule has 1 fully saturated rings. The predicted octanol–water partition coefficient (Wildman–Crippen LogP) is 6.89. The summed E-state index contributed by atoms with van der Waals surface area (Å²) in [5, 5.41) is 5.18. The van der Waals surface area contributed by atoms with Crippen molar-refractivity contribution in [2.24, 2.45) is 0 Å². The average Bonchev–Trinajstić information content (AvgIpc) is 3.44.